The maximum atomic E-state index is 12.3. The molecule has 2 rings (SSSR count). The van der Waals surface area contributed by atoms with Crippen molar-refractivity contribution in [3.05, 3.63) is 0 Å². The molecule has 0 aromatic carbocycles. The van der Waals surface area contributed by atoms with Gasteiger partial charge in [0.2, 0.25) is 0 Å². The number of aliphatic carboxylic acids is 1. The van der Waals surface area contributed by atoms with Crippen molar-refractivity contribution in [1.82, 2.24) is 10.2 Å². The van der Waals surface area contributed by atoms with Gasteiger partial charge in [0.05, 0.1) is 6.10 Å². The number of urea groups is 1. The fraction of sp³-hybridized carbons (Fsp3) is 0.857. The number of hydrogen-bond donors (Lipinski definition) is 3. The second-order valence-corrected chi connectivity index (χ2v) is 5.98. The predicted molar refractivity (Wildman–Crippen MR) is 73.3 cm³/mol. The number of nitrogens with one attached hydrogen (secondary N) is 1. The molecular formula is C14H24N2O4. The molecule has 0 saturated carbocycles. The van der Waals surface area contributed by atoms with Gasteiger partial charge in [-0.25, -0.2) is 4.79 Å². The Morgan fingerprint density at radius 3 is 2.40 bits per heavy atom. The van der Waals surface area contributed by atoms with Crippen LogP contribution in [0.15, 0.2) is 0 Å². The number of nitrogens with zero attached hydrogens (tertiary/aromatic N) is 1. The van der Waals surface area contributed by atoms with Crippen molar-refractivity contribution in [1.29, 1.82) is 0 Å². The molecule has 3 unspecified atom stereocenters. The molecule has 0 aromatic rings. The van der Waals surface area contributed by atoms with E-state index in [2.05, 4.69) is 5.32 Å². The third-order valence-corrected chi connectivity index (χ3v) is 4.53. The largest absolute Gasteiger partial charge is 0.481 e. The summed E-state index contributed by atoms with van der Waals surface area (Å²) in [6, 6.07) is 0.180. The number of fused-ring (bicyclic) bond motifs is 2. The quantitative estimate of drug-likeness (QED) is 0.707. The summed E-state index contributed by atoms with van der Waals surface area (Å²) < 4.78 is 0. The highest BCUT2D eigenvalue weighted by Gasteiger charge is 2.42. The standard InChI is InChI=1S/C14H24N2O4/c1-2-9(5-13(18)19)8-15-14(20)16-10-3-4-11(16)7-12(17)6-10/h9-12,17H,2-8H2,1H3,(H,15,20)(H,18,19). The van der Waals surface area contributed by atoms with E-state index in [1.54, 1.807) is 0 Å². The maximum absolute atomic E-state index is 12.3. The molecule has 2 fully saturated rings. The number of amides is 2. The van der Waals surface area contributed by atoms with Gasteiger partial charge in [-0.1, -0.05) is 13.3 Å². The zero-order chi connectivity index (χ0) is 14.7. The molecule has 2 bridgehead atoms. The van der Waals surface area contributed by atoms with Crippen LogP contribution < -0.4 is 5.32 Å². The molecule has 2 amide bonds. The van der Waals surface area contributed by atoms with Gasteiger partial charge in [0, 0.05) is 25.0 Å². The molecular weight excluding hydrogens is 260 g/mol. The van der Waals surface area contributed by atoms with Crippen LogP contribution in [0, 0.1) is 5.92 Å². The molecule has 3 N–H and O–H groups in total. The van der Waals surface area contributed by atoms with E-state index in [1.807, 2.05) is 11.8 Å². The number of carboxylic acid groups (broad SMARTS) is 1. The van der Waals surface area contributed by atoms with Gasteiger partial charge in [0.25, 0.3) is 0 Å². The maximum Gasteiger partial charge on any atom is 0.317 e. The van der Waals surface area contributed by atoms with Gasteiger partial charge in [-0.05, 0) is 31.6 Å². The Morgan fingerprint density at radius 1 is 1.30 bits per heavy atom. The summed E-state index contributed by atoms with van der Waals surface area (Å²) in [5.74, 6) is -0.850. The first kappa shape index (κ1) is 15.1. The number of rotatable bonds is 5. The first-order chi connectivity index (χ1) is 9.51. The average molecular weight is 284 g/mol. The number of carbonyl (C=O) groups is 2. The number of carboxylic acids is 1. The Kier molecular flexibility index (Phi) is 4.86. The normalized spacial score (nSPS) is 30.1. The molecule has 2 aliphatic rings. The second-order valence-electron chi connectivity index (χ2n) is 5.98. The van der Waals surface area contributed by atoms with Crippen molar-refractivity contribution >= 4 is 12.0 Å². The topological polar surface area (TPSA) is 89.9 Å². The van der Waals surface area contributed by atoms with Crippen LogP contribution in [0.1, 0.15) is 45.4 Å². The number of hydrogen-bond acceptors (Lipinski definition) is 3. The van der Waals surface area contributed by atoms with Gasteiger partial charge in [0.15, 0.2) is 0 Å². The van der Waals surface area contributed by atoms with Crippen LogP contribution in [-0.2, 0) is 4.79 Å². The SMILES string of the molecule is CCC(CNC(=O)N1C2CCC1CC(O)C2)CC(=O)O. The molecule has 0 aromatic heterocycles. The Balaban J connectivity index is 1.84. The molecule has 2 aliphatic heterocycles. The molecule has 3 atom stereocenters. The summed E-state index contributed by atoms with van der Waals surface area (Å²) in [6.45, 7) is 2.33. The molecule has 0 radical (unpaired) electrons. The van der Waals surface area contributed by atoms with E-state index in [4.69, 9.17) is 5.11 Å². The molecule has 20 heavy (non-hydrogen) atoms. The van der Waals surface area contributed by atoms with E-state index in [9.17, 15) is 14.7 Å². The van der Waals surface area contributed by atoms with E-state index in [0.717, 1.165) is 19.3 Å². The number of aliphatic hydroxyl groups excluding tert-OH is 1. The highest BCUT2D eigenvalue weighted by molar-refractivity contribution is 5.75. The van der Waals surface area contributed by atoms with Gasteiger partial charge in [-0.3, -0.25) is 4.79 Å². The van der Waals surface area contributed by atoms with Gasteiger partial charge >= 0.3 is 12.0 Å². The summed E-state index contributed by atoms with van der Waals surface area (Å²) in [5.41, 5.74) is 0. The lowest BCUT2D eigenvalue weighted by atomic mass is 10.00. The number of carbonyl (C=O) groups excluding carboxylic acids is 1. The fourth-order valence-electron chi connectivity index (χ4n) is 3.41. The Morgan fingerprint density at radius 2 is 1.90 bits per heavy atom. The lowest BCUT2D eigenvalue weighted by Gasteiger charge is -2.37. The molecule has 114 valence electrons. The summed E-state index contributed by atoms with van der Waals surface area (Å²) in [7, 11) is 0. The molecule has 2 saturated heterocycles. The molecule has 6 heteroatoms. The van der Waals surface area contributed by atoms with Crippen LogP contribution in [0.3, 0.4) is 0 Å². The van der Waals surface area contributed by atoms with E-state index in [0.29, 0.717) is 19.4 Å². The van der Waals surface area contributed by atoms with Crippen LogP contribution in [0.5, 0.6) is 0 Å². The fourth-order valence-corrected chi connectivity index (χ4v) is 3.41. The van der Waals surface area contributed by atoms with E-state index < -0.39 is 5.97 Å². The Hall–Kier alpha value is -1.30. The highest BCUT2D eigenvalue weighted by atomic mass is 16.4. The highest BCUT2D eigenvalue weighted by Crippen LogP contribution is 2.35. The first-order valence-corrected chi connectivity index (χ1v) is 7.47. The molecule has 6 nitrogen and oxygen atoms in total. The summed E-state index contributed by atoms with van der Waals surface area (Å²) in [5, 5.41) is 21.4. The Bertz CT molecular complexity index is 360. The zero-order valence-electron chi connectivity index (χ0n) is 11.9. The van der Waals surface area contributed by atoms with Gasteiger partial charge in [0.1, 0.15) is 0 Å². The minimum atomic E-state index is -0.827. The van der Waals surface area contributed by atoms with Gasteiger partial charge in [-0.2, -0.15) is 0 Å². The van der Waals surface area contributed by atoms with Crippen LogP contribution in [0.2, 0.25) is 0 Å². The first-order valence-electron chi connectivity index (χ1n) is 7.47. The van der Waals surface area contributed by atoms with Crippen LogP contribution in [0.4, 0.5) is 4.79 Å². The lowest BCUT2D eigenvalue weighted by Crippen LogP contribution is -2.52. The Labute approximate surface area is 119 Å². The van der Waals surface area contributed by atoms with Crippen LogP contribution in [0.25, 0.3) is 0 Å². The number of aliphatic hydroxyl groups is 1. The smallest absolute Gasteiger partial charge is 0.317 e. The van der Waals surface area contributed by atoms with Gasteiger partial charge in [-0.15, -0.1) is 0 Å². The zero-order valence-corrected chi connectivity index (χ0v) is 11.9. The van der Waals surface area contributed by atoms with Crippen LogP contribution >= 0.6 is 0 Å². The van der Waals surface area contributed by atoms with E-state index in [-0.39, 0.29) is 36.6 Å². The van der Waals surface area contributed by atoms with Crippen molar-refractivity contribution in [2.75, 3.05) is 6.54 Å². The van der Waals surface area contributed by atoms with Crippen molar-refractivity contribution in [3.63, 3.8) is 0 Å². The third-order valence-electron chi connectivity index (χ3n) is 4.53. The van der Waals surface area contributed by atoms with Crippen molar-refractivity contribution in [2.24, 2.45) is 5.92 Å². The summed E-state index contributed by atoms with van der Waals surface area (Å²) in [4.78, 5) is 24.8. The molecule has 0 aliphatic carbocycles. The van der Waals surface area contributed by atoms with Gasteiger partial charge < -0.3 is 20.4 Å². The van der Waals surface area contributed by atoms with E-state index in [1.165, 1.54) is 0 Å². The monoisotopic (exact) mass is 284 g/mol. The van der Waals surface area contributed by atoms with Crippen molar-refractivity contribution < 1.29 is 19.8 Å². The second kappa shape index (κ2) is 6.43. The lowest BCUT2D eigenvalue weighted by molar-refractivity contribution is -0.138. The third kappa shape index (κ3) is 3.42. The summed E-state index contributed by atoms with van der Waals surface area (Å²) >= 11 is 0. The minimum Gasteiger partial charge on any atom is -0.481 e. The van der Waals surface area contributed by atoms with E-state index >= 15 is 0 Å². The van der Waals surface area contributed by atoms with Crippen molar-refractivity contribution in [3.8, 4) is 0 Å². The predicted octanol–water partition coefficient (Wildman–Crippen LogP) is 1.18. The molecule has 0 spiro atoms. The summed E-state index contributed by atoms with van der Waals surface area (Å²) in [6.07, 6.45) is 3.78. The molecule has 2 heterocycles. The average Bonchev–Trinajstić information content (AvgIpc) is 2.66. The van der Waals surface area contributed by atoms with Crippen LogP contribution in [-0.4, -0.2) is 51.8 Å². The van der Waals surface area contributed by atoms with Crippen molar-refractivity contribution in [2.45, 2.75) is 63.6 Å². The minimum absolute atomic E-state index is 0.0236. The number of piperidine rings is 1.